The topological polar surface area (TPSA) is 61.1 Å². The van der Waals surface area contributed by atoms with E-state index in [1.54, 1.807) is 0 Å². The van der Waals surface area contributed by atoms with Crippen LogP contribution in [0.4, 0.5) is 0 Å². The Kier molecular flexibility index (Phi) is 6.92. The highest BCUT2D eigenvalue weighted by Gasteiger charge is 1.97. The molecular formula is C11H19NO3S. The summed E-state index contributed by atoms with van der Waals surface area (Å²) in [7, 11) is -3.92. The van der Waals surface area contributed by atoms with Crippen LogP contribution in [-0.2, 0) is 16.7 Å². The third-order valence-corrected chi connectivity index (χ3v) is 1.78. The predicted molar refractivity (Wildman–Crippen MR) is 61.9 cm³/mol. The van der Waals surface area contributed by atoms with E-state index in [4.69, 9.17) is 13.0 Å². The monoisotopic (exact) mass is 245 g/mol. The number of nitrogens with zero attached hydrogens (tertiary/aromatic N) is 1. The SMILES string of the molecule is CCCC[n+]1cccc(C)c1.CS(=O)(=O)[O-]. The third-order valence-electron chi connectivity index (χ3n) is 1.78. The molecule has 0 radical (unpaired) electrons. The first kappa shape index (κ1) is 15.1. The van der Waals surface area contributed by atoms with Crippen LogP contribution in [0.25, 0.3) is 0 Å². The molecule has 0 amide bonds. The summed E-state index contributed by atoms with van der Waals surface area (Å²) in [6.45, 7) is 5.50. The van der Waals surface area contributed by atoms with E-state index in [1.165, 1.54) is 18.4 Å². The zero-order chi connectivity index (χ0) is 12.6. The van der Waals surface area contributed by atoms with Gasteiger partial charge in [-0.25, -0.2) is 13.0 Å². The Morgan fingerprint density at radius 2 is 2.00 bits per heavy atom. The van der Waals surface area contributed by atoms with Gasteiger partial charge in [-0.2, -0.15) is 0 Å². The number of hydrogen-bond acceptors (Lipinski definition) is 3. The molecule has 0 N–H and O–H groups in total. The molecular weight excluding hydrogens is 226 g/mol. The molecule has 0 fully saturated rings. The van der Waals surface area contributed by atoms with Crippen LogP contribution in [0, 0.1) is 6.92 Å². The van der Waals surface area contributed by atoms with Crippen molar-refractivity contribution < 1.29 is 17.5 Å². The maximum atomic E-state index is 9.08. The van der Waals surface area contributed by atoms with Crippen molar-refractivity contribution in [2.24, 2.45) is 0 Å². The lowest BCUT2D eigenvalue weighted by atomic mass is 10.3. The van der Waals surface area contributed by atoms with Gasteiger partial charge >= 0.3 is 0 Å². The molecule has 0 bridgehead atoms. The highest BCUT2D eigenvalue weighted by molar-refractivity contribution is 7.84. The molecule has 16 heavy (non-hydrogen) atoms. The first-order valence-electron chi connectivity index (χ1n) is 5.19. The van der Waals surface area contributed by atoms with Crippen molar-refractivity contribution in [3.05, 3.63) is 30.1 Å². The second-order valence-electron chi connectivity index (χ2n) is 3.68. The summed E-state index contributed by atoms with van der Waals surface area (Å²) in [5.41, 5.74) is 1.34. The van der Waals surface area contributed by atoms with Gasteiger partial charge in [-0.05, 0) is 13.0 Å². The molecule has 1 aromatic heterocycles. The molecule has 0 aliphatic heterocycles. The van der Waals surface area contributed by atoms with E-state index in [0.29, 0.717) is 6.26 Å². The number of aryl methyl sites for hydroxylation is 2. The quantitative estimate of drug-likeness (QED) is 0.594. The van der Waals surface area contributed by atoms with E-state index >= 15 is 0 Å². The lowest BCUT2D eigenvalue weighted by Gasteiger charge is -1.94. The summed E-state index contributed by atoms with van der Waals surface area (Å²) in [6.07, 6.45) is 7.46. The highest BCUT2D eigenvalue weighted by atomic mass is 32.2. The second-order valence-corrected chi connectivity index (χ2v) is 5.09. The Bertz CT molecular complexity index is 393. The summed E-state index contributed by atoms with van der Waals surface area (Å²) in [6, 6.07) is 4.23. The fourth-order valence-electron chi connectivity index (χ4n) is 1.13. The zero-order valence-electron chi connectivity index (χ0n) is 10.0. The van der Waals surface area contributed by atoms with Crippen molar-refractivity contribution in [3.8, 4) is 0 Å². The van der Waals surface area contributed by atoms with Gasteiger partial charge in [0, 0.05) is 24.3 Å². The van der Waals surface area contributed by atoms with E-state index in [-0.39, 0.29) is 0 Å². The predicted octanol–water partition coefficient (Wildman–Crippen LogP) is 1.24. The summed E-state index contributed by atoms with van der Waals surface area (Å²) in [5, 5.41) is 0. The number of unbranched alkanes of at least 4 members (excludes halogenated alkanes) is 1. The van der Waals surface area contributed by atoms with Gasteiger partial charge in [0.1, 0.15) is 6.54 Å². The first-order chi connectivity index (χ1) is 7.33. The molecule has 1 rings (SSSR count). The maximum absolute atomic E-state index is 9.08. The van der Waals surface area contributed by atoms with Gasteiger partial charge in [0.25, 0.3) is 0 Å². The van der Waals surface area contributed by atoms with Crippen molar-refractivity contribution in [2.45, 2.75) is 33.2 Å². The van der Waals surface area contributed by atoms with E-state index in [1.807, 2.05) is 0 Å². The highest BCUT2D eigenvalue weighted by Crippen LogP contribution is 1.91. The van der Waals surface area contributed by atoms with Crippen LogP contribution in [0.2, 0.25) is 0 Å². The van der Waals surface area contributed by atoms with Gasteiger partial charge in [0.15, 0.2) is 12.4 Å². The van der Waals surface area contributed by atoms with Gasteiger partial charge < -0.3 is 4.55 Å². The van der Waals surface area contributed by atoms with E-state index < -0.39 is 10.1 Å². The Hall–Kier alpha value is -0.940. The smallest absolute Gasteiger partial charge is 0.171 e. The summed E-state index contributed by atoms with van der Waals surface area (Å²) in [4.78, 5) is 0. The van der Waals surface area contributed by atoms with E-state index in [2.05, 4.69) is 42.9 Å². The van der Waals surface area contributed by atoms with Crippen molar-refractivity contribution in [2.75, 3.05) is 6.26 Å². The normalized spacial score (nSPS) is 10.5. The van der Waals surface area contributed by atoms with Crippen molar-refractivity contribution >= 4 is 10.1 Å². The van der Waals surface area contributed by atoms with Crippen molar-refractivity contribution in [1.29, 1.82) is 0 Å². The average Bonchev–Trinajstić information content (AvgIpc) is 2.12. The maximum Gasteiger partial charge on any atom is 0.171 e. The molecule has 0 aliphatic carbocycles. The number of aromatic nitrogens is 1. The standard InChI is InChI=1S/C10H16N.CH4O3S/c1-3-4-7-11-8-5-6-10(2)9-11;1-5(2,3)4/h5-6,8-9H,3-4,7H2,1-2H3;1H3,(H,2,3,4)/q+1;/p-1. The van der Waals surface area contributed by atoms with Gasteiger partial charge in [0.2, 0.25) is 0 Å². The van der Waals surface area contributed by atoms with Crippen LogP contribution in [0.5, 0.6) is 0 Å². The average molecular weight is 245 g/mol. The molecule has 92 valence electrons. The minimum absolute atomic E-state index is 0.604. The van der Waals surface area contributed by atoms with E-state index in [9.17, 15) is 0 Å². The van der Waals surface area contributed by atoms with Crippen LogP contribution in [-0.4, -0.2) is 19.2 Å². The molecule has 0 aliphatic rings. The van der Waals surface area contributed by atoms with Crippen LogP contribution in [0.1, 0.15) is 25.3 Å². The van der Waals surface area contributed by atoms with Crippen molar-refractivity contribution in [3.63, 3.8) is 0 Å². The van der Waals surface area contributed by atoms with Crippen molar-refractivity contribution in [1.82, 2.24) is 0 Å². The van der Waals surface area contributed by atoms with Gasteiger partial charge in [0.05, 0.1) is 10.1 Å². The van der Waals surface area contributed by atoms with Crippen LogP contribution < -0.4 is 4.57 Å². The van der Waals surface area contributed by atoms with Crippen LogP contribution >= 0.6 is 0 Å². The molecule has 0 spiro atoms. The van der Waals surface area contributed by atoms with E-state index in [0.717, 1.165) is 6.54 Å². The summed E-state index contributed by atoms with van der Waals surface area (Å²) >= 11 is 0. The zero-order valence-corrected chi connectivity index (χ0v) is 10.8. The molecule has 1 aromatic rings. The summed E-state index contributed by atoms with van der Waals surface area (Å²) in [5.74, 6) is 0. The van der Waals surface area contributed by atoms with Gasteiger partial charge in [-0.15, -0.1) is 0 Å². The number of hydrogen-bond donors (Lipinski definition) is 0. The third kappa shape index (κ3) is 11.1. The molecule has 0 saturated carbocycles. The molecule has 0 unspecified atom stereocenters. The minimum atomic E-state index is -3.92. The molecule has 0 aromatic carbocycles. The Labute approximate surface area is 97.7 Å². The number of rotatable bonds is 3. The Morgan fingerprint density at radius 3 is 2.44 bits per heavy atom. The molecule has 4 nitrogen and oxygen atoms in total. The Balaban J connectivity index is 0.000000385. The van der Waals surface area contributed by atoms with Gasteiger partial charge in [-0.3, -0.25) is 0 Å². The summed E-state index contributed by atoms with van der Waals surface area (Å²) < 4.78 is 29.5. The number of pyridine rings is 1. The minimum Gasteiger partial charge on any atom is -0.748 e. The first-order valence-corrected chi connectivity index (χ1v) is 7.01. The largest absolute Gasteiger partial charge is 0.748 e. The molecule has 1 heterocycles. The lowest BCUT2D eigenvalue weighted by Crippen LogP contribution is -2.32. The molecule has 0 atom stereocenters. The Morgan fingerprint density at radius 1 is 1.44 bits per heavy atom. The fraction of sp³-hybridized carbons (Fsp3) is 0.545. The molecule has 5 heteroatoms. The lowest BCUT2D eigenvalue weighted by molar-refractivity contribution is -0.697. The van der Waals surface area contributed by atoms with Crippen LogP contribution in [0.3, 0.4) is 0 Å². The second kappa shape index (κ2) is 7.35. The fourth-order valence-corrected chi connectivity index (χ4v) is 1.13. The van der Waals surface area contributed by atoms with Crippen LogP contribution in [0.15, 0.2) is 24.5 Å². The van der Waals surface area contributed by atoms with Gasteiger partial charge in [-0.1, -0.05) is 13.3 Å². The molecule has 0 saturated heterocycles.